The summed E-state index contributed by atoms with van der Waals surface area (Å²) in [7, 11) is 1.83. The zero-order chi connectivity index (χ0) is 12.4. The molecule has 0 aliphatic carbocycles. The van der Waals surface area contributed by atoms with Crippen molar-refractivity contribution in [3.05, 3.63) is 45.3 Å². The summed E-state index contributed by atoms with van der Waals surface area (Å²) in [6, 6.07) is 7.48. The van der Waals surface area contributed by atoms with Gasteiger partial charge in [-0.15, -0.1) is 0 Å². The number of halogens is 1. The van der Waals surface area contributed by atoms with Gasteiger partial charge in [-0.05, 0) is 41.6 Å². The van der Waals surface area contributed by atoms with Crippen LogP contribution in [0.25, 0.3) is 0 Å². The first kappa shape index (κ1) is 12.1. The number of hydrogen-bond donors (Lipinski definition) is 1. The fraction of sp³-hybridized carbons (Fsp3) is 0.167. The number of aromatic nitrogens is 2. The second-order valence-electron chi connectivity index (χ2n) is 3.74. The van der Waals surface area contributed by atoms with Crippen LogP contribution in [0.5, 0.6) is 0 Å². The summed E-state index contributed by atoms with van der Waals surface area (Å²) in [5.41, 5.74) is 2.24. The smallest absolute Gasteiger partial charge is 0.256 e. The maximum atomic E-state index is 12.0. The Morgan fingerprint density at radius 3 is 2.71 bits per heavy atom. The largest absolute Gasteiger partial charge is 0.319 e. The highest BCUT2D eigenvalue weighted by Crippen LogP contribution is 2.16. The van der Waals surface area contributed by atoms with Crippen molar-refractivity contribution in [3.8, 4) is 0 Å². The average Bonchev–Trinajstić information content (AvgIpc) is 2.58. The fourth-order valence-electron chi connectivity index (χ4n) is 1.56. The molecule has 1 N–H and O–H groups in total. The minimum absolute atomic E-state index is 0.105. The Labute approximate surface area is 113 Å². The van der Waals surface area contributed by atoms with Crippen LogP contribution < -0.4 is 5.32 Å². The first-order valence-corrected chi connectivity index (χ1v) is 6.22. The summed E-state index contributed by atoms with van der Waals surface area (Å²) in [6.45, 7) is 1.87. The Bertz CT molecular complexity index is 563. The molecule has 5 heteroatoms. The molecule has 2 aromatic rings. The highest BCUT2D eigenvalue weighted by molar-refractivity contribution is 14.1. The minimum Gasteiger partial charge on any atom is -0.319 e. The second kappa shape index (κ2) is 4.87. The molecule has 1 aromatic carbocycles. The number of nitrogens with zero attached hydrogens (tertiary/aromatic N) is 2. The van der Waals surface area contributed by atoms with E-state index in [2.05, 4.69) is 33.0 Å². The highest BCUT2D eigenvalue weighted by Gasteiger charge is 2.11. The van der Waals surface area contributed by atoms with Gasteiger partial charge in [-0.25, -0.2) is 0 Å². The van der Waals surface area contributed by atoms with Crippen LogP contribution >= 0.6 is 22.6 Å². The predicted octanol–water partition coefficient (Wildman–Crippen LogP) is 2.59. The van der Waals surface area contributed by atoms with Crippen LogP contribution in [0.3, 0.4) is 0 Å². The third-order valence-corrected chi connectivity index (χ3v) is 3.32. The number of nitrogens with one attached hydrogen (secondary N) is 1. The maximum Gasteiger partial charge on any atom is 0.256 e. The van der Waals surface area contributed by atoms with Crippen molar-refractivity contribution in [1.82, 2.24) is 9.78 Å². The third kappa shape index (κ3) is 2.66. The Balaban J connectivity index is 2.23. The number of carbonyl (C=O) groups excluding carboxylic acids is 1. The molecule has 17 heavy (non-hydrogen) atoms. The maximum absolute atomic E-state index is 12.0. The summed E-state index contributed by atoms with van der Waals surface area (Å²) >= 11 is 2.15. The van der Waals surface area contributed by atoms with Crippen molar-refractivity contribution in [3.63, 3.8) is 0 Å². The molecule has 0 spiro atoms. The molecular weight excluding hydrogens is 329 g/mol. The first-order chi connectivity index (χ1) is 8.08. The Morgan fingerprint density at radius 2 is 2.12 bits per heavy atom. The van der Waals surface area contributed by atoms with Crippen LogP contribution in [-0.2, 0) is 7.05 Å². The standard InChI is InChI=1S/C12H12IN3O/c1-8-11(7-16(2)15-8)14-12(17)9-5-3-4-6-10(9)13/h3-7H,1-2H3,(H,14,17). The topological polar surface area (TPSA) is 46.9 Å². The lowest BCUT2D eigenvalue weighted by Gasteiger charge is -2.05. The summed E-state index contributed by atoms with van der Waals surface area (Å²) in [5, 5.41) is 7.04. The van der Waals surface area contributed by atoms with E-state index in [4.69, 9.17) is 0 Å². The SMILES string of the molecule is Cc1nn(C)cc1NC(=O)c1ccccc1I. The van der Waals surface area contributed by atoms with Crippen LogP contribution in [0.1, 0.15) is 16.1 Å². The molecule has 0 saturated carbocycles. The lowest BCUT2D eigenvalue weighted by Crippen LogP contribution is -2.13. The summed E-state index contributed by atoms with van der Waals surface area (Å²) < 4.78 is 2.62. The van der Waals surface area contributed by atoms with Gasteiger partial charge in [-0.1, -0.05) is 12.1 Å². The Hall–Kier alpha value is -1.37. The van der Waals surface area contributed by atoms with Crippen molar-refractivity contribution in [2.45, 2.75) is 6.92 Å². The molecule has 1 heterocycles. The van der Waals surface area contributed by atoms with Crippen molar-refractivity contribution in [2.24, 2.45) is 7.05 Å². The van der Waals surface area contributed by atoms with Crippen LogP contribution in [0.15, 0.2) is 30.5 Å². The van der Waals surface area contributed by atoms with Crippen molar-refractivity contribution < 1.29 is 4.79 Å². The van der Waals surface area contributed by atoms with Crippen LogP contribution in [0.4, 0.5) is 5.69 Å². The van der Waals surface area contributed by atoms with Gasteiger partial charge in [0.1, 0.15) is 0 Å². The van der Waals surface area contributed by atoms with Crippen molar-refractivity contribution >= 4 is 34.2 Å². The summed E-state index contributed by atoms with van der Waals surface area (Å²) in [4.78, 5) is 12.0. The number of amides is 1. The molecule has 0 aliphatic rings. The normalized spacial score (nSPS) is 10.3. The lowest BCUT2D eigenvalue weighted by molar-refractivity contribution is 0.102. The van der Waals surface area contributed by atoms with Crippen LogP contribution in [0, 0.1) is 10.5 Å². The fourth-order valence-corrected chi connectivity index (χ4v) is 2.19. The van der Waals surface area contributed by atoms with Gasteiger partial charge < -0.3 is 5.32 Å². The van der Waals surface area contributed by atoms with E-state index in [0.717, 1.165) is 15.0 Å². The van der Waals surface area contributed by atoms with E-state index in [1.54, 1.807) is 10.9 Å². The van der Waals surface area contributed by atoms with E-state index in [9.17, 15) is 4.79 Å². The predicted molar refractivity (Wildman–Crippen MR) is 75.1 cm³/mol. The molecular formula is C12H12IN3O. The van der Waals surface area contributed by atoms with E-state index >= 15 is 0 Å². The molecule has 0 radical (unpaired) electrons. The molecule has 0 bridgehead atoms. The van der Waals surface area contributed by atoms with Gasteiger partial charge in [0.05, 0.1) is 16.9 Å². The quantitative estimate of drug-likeness (QED) is 0.854. The van der Waals surface area contributed by atoms with Crippen LogP contribution in [0.2, 0.25) is 0 Å². The second-order valence-corrected chi connectivity index (χ2v) is 4.90. The molecule has 0 saturated heterocycles. The highest BCUT2D eigenvalue weighted by atomic mass is 127. The van der Waals surface area contributed by atoms with Gasteiger partial charge in [0.25, 0.3) is 5.91 Å². The zero-order valence-corrected chi connectivity index (χ0v) is 11.7. The van der Waals surface area contributed by atoms with E-state index in [1.165, 1.54) is 0 Å². The molecule has 4 nitrogen and oxygen atoms in total. The number of rotatable bonds is 2. The van der Waals surface area contributed by atoms with Gasteiger partial charge in [-0.2, -0.15) is 5.10 Å². The molecule has 0 unspecified atom stereocenters. The molecule has 88 valence electrons. The minimum atomic E-state index is -0.105. The van der Waals surface area contributed by atoms with E-state index in [-0.39, 0.29) is 5.91 Å². The number of carbonyl (C=O) groups is 1. The number of anilines is 1. The van der Waals surface area contributed by atoms with E-state index in [0.29, 0.717) is 5.56 Å². The van der Waals surface area contributed by atoms with Crippen molar-refractivity contribution in [2.75, 3.05) is 5.32 Å². The monoisotopic (exact) mass is 341 g/mol. The summed E-state index contributed by atoms with van der Waals surface area (Å²) in [6.07, 6.45) is 1.79. The molecule has 1 aromatic heterocycles. The Kier molecular flexibility index (Phi) is 3.46. The molecule has 0 aliphatic heterocycles. The van der Waals surface area contributed by atoms with E-state index < -0.39 is 0 Å². The van der Waals surface area contributed by atoms with Crippen molar-refractivity contribution in [1.29, 1.82) is 0 Å². The first-order valence-electron chi connectivity index (χ1n) is 5.14. The van der Waals surface area contributed by atoms with Crippen LogP contribution in [-0.4, -0.2) is 15.7 Å². The van der Waals surface area contributed by atoms with Gasteiger partial charge in [-0.3, -0.25) is 9.48 Å². The van der Waals surface area contributed by atoms with Gasteiger partial charge in [0.2, 0.25) is 0 Å². The van der Waals surface area contributed by atoms with Gasteiger partial charge in [0.15, 0.2) is 0 Å². The van der Waals surface area contributed by atoms with Gasteiger partial charge in [0, 0.05) is 16.8 Å². The van der Waals surface area contributed by atoms with E-state index in [1.807, 2.05) is 38.2 Å². The number of benzene rings is 1. The molecule has 1 amide bonds. The Morgan fingerprint density at radius 1 is 1.41 bits per heavy atom. The third-order valence-electron chi connectivity index (χ3n) is 2.38. The molecule has 0 fully saturated rings. The van der Waals surface area contributed by atoms with Gasteiger partial charge >= 0.3 is 0 Å². The zero-order valence-electron chi connectivity index (χ0n) is 9.57. The number of aryl methyl sites for hydroxylation is 2. The average molecular weight is 341 g/mol. The lowest BCUT2D eigenvalue weighted by atomic mass is 10.2. The molecule has 0 atom stereocenters. The summed E-state index contributed by atoms with van der Waals surface area (Å²) in [5.74, 6) is -0.105. The number of hydrogen-bond acceptors (Lipinski definition) is 2. The molecule has 2 rings (SSSR count).